The molecule has 0 aromatic heterocycles. The summed E-state index contributed by atoms with van der Waals surface area (Å²) >= 11 is 1.39. The van der Waals surface area contributed by atoms with Crippen LogP contribution in [-0.4, -0.2) is 68.0 Å². The van der Waals surface area contributed by atoms with Gasteiger partial charge in [0.15, 0.2) is 26.5 Å². The molecule has 0 bridgehead atoms. The molecule has 0 unspecified atom stereocenters. The first-order valence-corrected chi connectivity index (χ1v) is 12.6. The molecule has 2 atom stereocenters. The molecule has 0 aliphatic carbocycles. The Labute approximate surface area is 186 Å². The fraction of sp³-hybridized carbons (Fsp3) is 0.364. The number of methoxy groups -OCH3 is 2. The summed E-state index contributed by atoms with van der Waals surface area (Å²) in [5.41, 5.74) is 1.54. The Morgan fingerprint density at radius 3 is 2.55 bits per heavy atom. The molecule has 2 aliphatic heterocycles. The maximum absolute atomic E-state index is 12.9. The second-order valence-corrected chi connectivity index (χ2v) is 10.9. The third-order valence-electron chi connectivity index (χ3n) is 5.49. The fourth-order valence-corrected chi connectivity index (χ4v) is 7.89. The molecule has 1 amide bonds. The Morgan fingerprint density at radius 2 is 1.84 bits per heavy atom. The van der Waals surface area contributed by atoms with Crippen molar-refractivity contribution in [2.24, 2.45) is 4.99 Å². The van der Waals surface area contributed by atoms with E-state index in [-0.39, 0.29) is 22.8 Å². The van der Waals surface area contributed by atoms with Crippen molar-refractivity contribution in [3.8, 4) is 11.5 Å². The van der Waals surface area contributed by atoms with Crippen molar-refractivity contribution in [1.82, 2.24) is 4.90 Å². The second-order valence-electron chi connectivity index (χ2n) is 7.50. The van der Waals surface area contributed by atoms with E-state index < -0.39 is 15.7 Å². The van der Waals surface area contributed by atoms with E-state index in [2.05, 4.69) is 4.99 Å². The average molecular weight is 461 g/mol. The quantitative estimate of drug-likeness (QED) is 0.655. The second kappa shape index (κ2) is 8.92. The number of carbonyl (C=O) groups excluding carboxylic acids is 1. The van der Waals surface area contributed by atoms with Gasteiger partial charge in [0, 0.05) is 17.4 Å². The summed E-state index contributed by atoms with van der Waals surface area (Å²) < 4.78 is 34.9. The molecule has 9 heteroatoms. The highest BCUT2D eigenvalue weighted by atomic mass is 32.2. The minimum atomic E-state index is -3.07. The number of hydrogen-bond acceptors (Lipinski definition) is 6. The molecule has 0 saturated carbocycles. The van der Waals surface area contributed by atoms with Gasteiger partial charge in [0.2, 0.25) is 0 Å². The lowest BCUT2D eigenvalue weighted by Gasteiger charge is -2.24. The summed E-state index contributed by atoms with van der Waals surface area (Å²) in [6, 6.07) is 14.8. The molecule has 0 N–H and O–H groups in total. The number of amides is 1. The Kier molecular flexibility index (Phi) is 6.24. The average Bonchev–Trinajstić information content (AvgIpc) is 3.23. The molecule has 2 heterocycles. The highest BCUT2D eigenvalue weighted by Crippen LogP contribution is 2.38. The van der Waals surface area contributed by atoms with Crippen molar-refractivity contribution in [1.29, 1.82) is 0 Å². The number of rotatable bonds is 6. The zero-order chi connectivity index (χ0) is 22.0. The van der Waals surface area contributed by atoms with E-state index in [9.17, 15) is 13.2 Å². The normalized spacial score (nSPS) is 23.0. The van der Waals surface area contributed by atoms with Gasteiger partial charge in [0.25, 0.3) is 5.91 Å². The SMILES string of the molecule is COc1ccc(C(=O)N=C2S[C@H]3CS(=O)(=O)C[C@H]3N2CCc2ccccc2)cc1OC. The lowest BCUT2D eigenvalue weighted by atomic mass is 10.1. The highest BCUT2D eigenvalue weighted by Gasteiger charge is 2.48. The Morgan fingerprint density at radius 1 is 1.10 bits per heavy atom. The Bertz CT molecular complexity index is 1100. The van der Waals surface area contributed by atoms with Crippen molar-refractivity contribution in [2.45, 2.75) is 17.7 Å². The molecule has 164 valence electrons. The number of amidine groups is 1. The van der Waals surface area contributed by atoms with Crippen molar-refractivity contribution in [3.05, 3.63) is 59.7 Å². The van der Waals surface area contributed by atoms with E-state index in [1.54, 1.807) is 18.2 Å². The number of nitrogens with zero attached hydrogens (tertiary/aromatic N) is 2. The van der Waals surface area contributed by atoms with Crippen LogP contribution in [0.3, 0.4) is 0 Å². The molecule has 4 rings (SSSR count). The van der Waals surface area contributed by atoms with Gasteiger partial charge in [-0.1, -0.05) is 42.1 Å². The molecule has 31 heavy (non-hydrogen) atoms. The standard InChI is InChI=1S/C22H24N2O5S2/c1-28-18-9-8-16(12-19(18)29-2)21(25)23-22-24(11-10-15-6-4-3-5-7-15)17-13-31(26,27)14-20(17)30-22/h3-9,12,17,20H,10-11,13-14H2,1-2H3/t17-,20+/m1/s1. The fourth-order valence-electron chi connectivity index (χ4n) is 3.91. The molecule has 2 aliphatic rings. The molecule has 2 aromatic rings. The predicted octanol–water partition coefficient (Wildman–Crippen LogP) is 2.66. The molecule has 0 radical (unpaired) electrons. The summed E-state index contributed by atoms with van der Waals surface area (Å²) in [7, 11) is -0.0294. The first kappa shape index (κ1) is 21.7. The number of fused-ring (bicyclic) bond motifs is 1. The Hall–Kier alpha value is -2.52. The smallest absolute Gasteiger partial charge is 0.279 e. The Balaban J connectivity index is 1.59. The minimum absolute atomic E-state index is 0.0993. The van der Waals surface area contributed by atoms with Crippen molar-refractivity contribution in [2.75, 3.05) is 32.3 Å². The minimum Gasteiger partial charge on any atom is -0.493 e. The predicted molar refractivity (Wildman–Crippen MR) is 122 cm³/mol. The first-order valence-electron chi connectivity index (χ1n) is 9.93. The highest BCUT2D eigenvalue weighted by molar-refractivity contribution is 8.15. The van der Waals surface area contributed by atoms with E-state index >= 15 is 0 Å². The maximum atomic E-state index is 12.9. The summed E-state index contributed by atoms with van der Waals surface area (Å²) in [6.07, 6.45) is 0.744. The third kappa shape index (κ3) is 4.72. The number of hydrogen-bond donors (Lipinski definition) is 0. The molecule has 2 fully saturated rings. The summed E-state index contributed by atoms with van der Waals surface area (Å²) in [6.45, 7) is 0.603. The number of benzene rings is 2. The van der Waals surface area contributed by atoms with Crippen LogP contribution in [0.1, 0.15) is 15.9 Å². The lowest BCUT2D eigenvalue weighted by molar-refractivity contribution is 0.100. The van der Waals surface area contributed by atoms with Gasteiger partial charge < -0.3 is 14.4 Å². The molecule has 2 saturated heterocycles. The number of carbonyl (C=O) groups is 1. The van der Waals surface area contributed by atoms with E-state index in [1.807, 2.05) is 35.2 Å². The summed E-state index contributed by atoms with van der Waals surface area (Å²) in [5, 5.41) is 0.485. The topological polar surface area (TPSA) is 85.3 Å². The maximum Gasteiger partial charge on any atom is 0.279 e. The van der Waals surface area contributed by atoms with E-state index in [4.69, 9.17) is 9.47 Å². The van der Waals surface area contributed by atoms with Crippen LogP contribution in [0.25, 0.3) is 0 Å². The van der Waals surface area contributed by atoms with Crippen molar-refractivity contribution < 1.29 is 22.7 Å². The van der Waals surface area contributed by atoms with Gasteiger partial charge in [-0.05, 0) is 30.2 Å². The summed E-state index contributed by atoms with van der Waals surface area (Å²) in [5.74, 6) is 0.815. The zero-order valence-corrected chi connectivity index (χ0v) is 19.0. The summed E-state index contributed by atoms with van der Waals surface area (Å²) in [4.78, 5) is 19.3. The van der Waals surface area contributed by atoms with E-state index in [0.29, 0.717) is 28.8 Å². The monoisotopic (exact) mass is 460 g/mol. The van der Waals surface area contributed by atoms with Gasteiger partial charge in [0.1, 0.15) is 0 Å². The molecule has 0 spiro atoms. The van der Waals surface area contributed by atoms with Crippen LogP contribution in [-0.2, 0) is 16.3 Å². The van der Waals surface area contributed by atoms with Gasteiger partial charge in [-0.2, -0.15) is 4.99 Å². The van der Waals surface area contributed by atoms with Gasteiger partial charge >= 0.3 is 0 Å². The van der Waals surface area contributed by atoms with Crippen molar-refractivity contribution in [3.63, 3.8) is 0 Å². The number of aliphatic imine (C=N–C) groups is 1. The van der Waals surface area contributed by atoms with Crippen LogP contribution in [0.2, 0.25) is 0 Å². The van der Waals surface area contributed by atoms with Crippen LogP contribution < -0.4 is 9.47 Å². The van der Waals surface area contributed by atoms with Crippen LogP contribution >= 0.6 is 11.8 Å². The van der Waals surface area contributed by atoms with Crippen molar-refractivity contribution >= 4 is 32.7 Å². The van der Waals surface area contributed by atoms with Crippen LogP contribution in [0.5, 0.6) is 11.5 Å². The number of thioether (sulfide) groups is 1. The molecular weight excluding hydrogens is 436 g/mol. The largest absolute Gasteiger partial charge is 0.493 e. The number of sulfone groups is 1. The zero-order valence-electron chi connectivity index (χ0n) is 17.4. The molecule has 2 aromatic carbocycles. The number of ether oxygens (including phenoxy) is 2. The van der Waals surface area contributed by atoms with Gasteiger partial charge in [-0.25, -0.2) is 8.42 Å². The van der Waals surface area contributed by atoms with Gasteiger partial charge in [-0.3, -0.25) is 4.79 Å². The van der Waals surface area contributed by atoms with Gasteiger partial charge in [0.05, 0.1) is 31.8 Å². The third-order valence-corrected chi connectivity index (χ3v) is 8.73. The first-order chi connectivity index (χ1) is 14.9. The molecule has 7 nitrogen and oxygen atoms in total. The molecular formula is C22H24N2O5S2. The van der Waals surface area contributed by atoms with E-state index in [0.717, 1.165) is 12.0 Å². The van der Waals surface area contributed by atoms with Gasteiger partial charge in [-0.15, -0.1) is 0 Å². The van der Waals surface area contributed by atoms with Crippen LogP contribution in [0.4, 0.5) is 0 Å². The van der Waals surface area contributed by atoms with Crippen LogP contribution in [0.15, 0.2) is 53.5 Å². The lowest BCUT2D eigenvalue weighted by Crippen LogP contribution is -2.39. The van der Waals surface area contributed by atoms with Crippen LogP contribution in [0, 0.1) is 0 Å². The van der Waals surface area contributed by atoms with E-state index in [1.165, 1.54) is 26.0 Å².